The van der Waals surface area contributed by atoms with Gasteiger partial charge in [-0.2, -0.15) is 0 Å². The van der Waals surface area contributed by atoms with Gasteiger partial charge in [-0.05, 0) is 12.1 Å². The summed E-state index contributed by atoms with van der Waals surface area (Å²) < 4.78 is 2.02. The van der Waals surface area contributed by atoms with Crippen molar-refractivity contribution in [3.63, 3.8) is 0 Å². The van der Waals surface area contributed by atoms with Crippen LogP contribution in [-0.4, -0.2) is 55.6 Å². The lowest BCUT2D eigenvalue weighted by molar-refractivity contribution is -0.385. The Bertz CT molecular complexity index is 722. The van der Waals surface area contributed by atoms with Crippen LogP contribution in [0.5, 0.6) is 5.75 Å². The molecule has 1 fully saturated rings. The molecule has 1 aliphatic heterocycles. The minimum atomic E-state index is -0.397. The number of benzene rings is 1. The number of piperazine rings is 1. The summed E-state index contributed by atoms with van der Waals surface area (Å²) in [5.41, 5.74) is 0.612. The van der Waals surface area contributed by atoms with Crippen molar-refractivity contribution in [2.24, 2.45) is 7.05 Å². The molecule has 1 aromatic heterocycles. The van der Waals surface area contributed by atoms with Gasteiger partial charge in [-0.15, -0.1) is 0 Å². The average molecular weight is 331 g/mol. The largest absolute Gasteiger partial charge is 0.508 e. The number of phenolic OH excluding ortho intramolecular Hbond substituents is 1. The summed E-state index contributed by atoms with van der Waals surface area (Å²) in [6.45, 7) is 4.72. The van der Waals surface area contributed by atoms with Crippen LogP contribution in [0.3, 0.4) is 0 Å². The second-order valence-corrected chi connectivity index (χ2v) is 6.08. The maximum Gasteiger partial charge on any atom is 0.274 e. The highest BCUT2D eigenvalue weighted by atomic mass is 16.6. The van der Waals surface area contributed by atoms with Gasteiger partial charge < -0.3 is 9.67 Å². The van der Waals surface area contributed by atoms with Crippen molar-refractivity contribution in [1.82, 2.24) is 19.4 Å². The van der Waals surface area contributed by atoms with E-state index in [2.05, 4.69) is 14.8 Å². The van der Waals surface area contributed by atoms with Gasteiger partial charge in [0.1, 0.15) is 11.6 Å². The molecule has 1 N–H and O–H groups in total. The first-order chi connectivity index (χ1) is 11.5. The highest BCUT2D eigenvalue weighted by Crippen LogP contribution is 2.25. The lowest BCUT2D eigenvalue weighted by atomic mass is 10.1. The van der Waals surface area contributed by atoms with Gasteiger partial charge in [-0.3, -0.25) is 19.9 Å². The number of phenols is 1. The molecule has 1 saturated heterocycles. The zero-order valence-electron chi connectivity index (χ0n) is 13.6. The topological polar surface area (TPSA) is 87.7 Å². The van der Waals surface area contributed by atoms with Gasteiger partial charge >= 0.3 is 0 Å². The Morgan fingerprint density at radius 1 is 1.21 bits per heavy atom. The summed E-state index contributed by atoms with van der Waals surface area (Å²) in [5, 5.41) is 20.7. The molecule has 8 nitrogen and oxygen atoms in total. The Hall–Kier alpha value is -2.45. The maximum atomic E-state index is 11.1. The highest BCUT2D eigenvalue weighted by molar-refractivity contribution is 5.44. The number of hydrogen-bond acceptors (Lipinski definition) is 6. The molecule has 0 unspecified atom stereocenters. The van der Waals surface area contributed by atoms with Crippen LogP contribution in [0.25, 0.3) is 0 Å². The molecule has 1 aromatic carbocycles. The van der Waals surface area contributed by atoms with E-state index in [9.17, 15) is 15.2 Å². The van der Waals surface area contributed by atoms with E-state index in [1.807, 2.05) is 17.8 Å². The number of aryl methyl sites for hydroxylation is 1. The summed E-state index contributed by atoms with van der Waals surface area (Å²) in [4.78, 5) is 19.6. The summed E-state index contributed by atoms with van der Waals surface area (Å²) in [6.07, 6.45) is 3.74. The van der Waals surface area contributed by atoms with Gasteiger partial charge in [0.05, 0.1) is 11.5 Å². The first-order valence-electron chi connectivity index (χ1n) is 7.90. The zero-order chi connectivity index (χ0) is 17.1. The molecule has 0 saturated carbocycles. The molecule has 0 amide bonds. The van der Waals surface area contributed by atoms with Gasteiger partial charge in [-0.25, -0.2) is 4.98 Å². The summed E-state index contributed by atoms with van der Waals surface area (Å²) in [7, 11) is 1.99. The van der Waals surface area contributed by atoms with Crippen molar-refractivity contribution < 1.29 is 10.0 Å². The predicted octanol–water partition coefficient (Wildman–Crippen LogP) is 1.35. The number of nitrogens with zero attached hydrogens (tertiary/aromatic N) is 5. The standard InChI is InChI=1S/C16H21N5O3/c1-18-5-4-17-16(18)12-20-8-6-19(7-9-20)11-13-10-14(22)2-3-15(13)21(23)24/h2-5,10,22H,6-9,11-12H2,1H3. The molecule has 3 rings (SSSR count). The van der Waals surface area contributed by atoms with Crippen LogP contribution < -0.4 is 0 Å². The third-order valence-electron chi connectivity index (χ3n) is 4.40. The van der Waals surface area contributed by atoms with Crippen LogP contribution in [0.4, 0.5) is 5.69 Å². The lowest BCUT2D eigenvalue weighted by Crippen LogP contribution is -2.45. The quantitative estimate of drug-likeness (QED) is 0.657. The van der Waals surface area contributed by atoms with Crippen molar-refractivity contribution in [3.8, 4) is 5.75 Å². The molecule has 24 heavy (non-hydrogen) atoms. The van der Waals surface area contributed by atoms with Crippen molar-refractivity contribution in [3.05, 3.63) is 52.1 Å². The van der Waals surface area contributed by atoms with E-state index in [1.54, 1.807) is 6.20 Å². The normalized spacial score (nSPS) is 16.4. The minimum absolute atomic E-state index is 0.0586. The molecular formula is C16H21N5O3. The Labute approximate surface area is 140 Å². The molecule has 2 aromatic rings. The molecule has 0 aliphatic carbocycles. The second kappa shape index (κ2) is 6.98. The second-order valence-electron chi connectivity index (χ2n) is 6.08. The van der Waals surface area contributed by atoms with Crippen LogP contribution in [0.15, 0.2) is 30.6 Å². The van der Waals surface area contributed by atoms with Crippen molar-refractivity contribution in [1.29, 1.82) is 0 Å². The first kappa shape index (κ1) is 16.4. The Morgan fingerprint density at radius 2 is 1.88 bits per heavy atom. The van der Waals surface area contributed by atoms with E-state index < -0.39 is 4.92 Å². The lowest BCUT2D eigenvalue weighted by Gasteiger charge is -2.34. The fourth-order valence-electron chi connectivity index (χ4n) is 2.97. The van der Waals surface area contributed by atoms with E-state index in [-0.39, 0.29) is 11.4 Å². The Morgan fingerprint density at radius 3 is 2.46 bits per heavy atom. The van der Waals surface area contributed by atoms with Crippen molar-refractivity contribution >= 4 is 5.69 Å². The molecule has 1 aliphatic rings. The number of imidazole rings is 1. The fraction of sp³-hybridized carbons (Fsp3) is 0.438. The van der Waals surface area contributed by atoms with Crippen molar-refractivity contribution in [2.75, 3.05) is 26.2 Å². The Balaban J connectivity index is 1.59. The molecule has 0 radical (unpaired) electrons. The minimum Gasteiger partial charge on any atom is -0.508 e. The van der Waals surface area contributed by atoms with E-state index in [0.717, 1.165) is 38.5 Å². The van der Waals surface area contributed by atoms with Crippen LogP contribution in [-0.2, 0) is 20.1 Å². The van der Waals surface area contributed by atoms with E-state index >= 15 is 0 Å². The summed E-state index contributed by atoms with van der Waals surface area (Å²) >= 11 is 0. The van der Waals surface area contributed by atoms with E-state index in [1.165, 1.54) is 18.2 Å². The van der Waals surface area contributed by atoms with Gasteiger partial charge in [0.2, 0.25) is 0 Å². The summed E-state index contributed by atoms with van der Waals surface area (Å²) in [5.74, 6) is 1.09. The molecule has 128 valence electrons. The highest BCUT2D eigenvalue weighted by Gasteiger charge is 2.21. The smallest absolute Gasteiger partial charge is 0.274 e. The molecule has 2 heterocycles. The first-order valence-corrected chi connectivity index (χ1v) is 7.90. The Kier molecular flexibility index (Phi) is 4.77. The third kappa shape index (κ3) is 3.72. The summed E-state index contributed by atoms with van der Waals surface area (Å²) in [6, 6.07) is 4.20. The van der Waals surface area contributed by atoms with Crippen LogP contribution >= 0.6 is 0 Å². The van der Waals surface area contributed by atoms with Gasteiger partial charge in [-0.1, -0.05) is 0 Å². The molecular weight excluding hydrogens is 310 g/mol. The number of rotatable bonds is 5. The van der Waals surface area contributed by atoms with E-state index in [4.69, 9.17) is 0 Å². The van der Waals surface area contributed by atoms with Gasteiger partial charge in [0, 0.05) is 63.8 Å². The average Bonchev–Trinajstić information content (AvgIpc) is 2.94. The number of aromatic hydroxyl groups is 1. The van der Waals surface area contributed by atoms with Crippen molar-refractivity contribution in [2.45, 2.75) is 13.1 Å². The van der Waals surface area contributed by atoms with Crippen LogP contribution in [0.1, 0.15) is 11.4 Å². The fourth-order valence-corrected chi connectivity index (χ4v) is 2.97. The number of nitro groups is 1. The van der Waals surface area contributed by atoms with Crippen LogP contribution in [0.2, 0.25) is 0 Å². The van der Waals surface area contributed by atoms with Crippen LogP contribution in [0, 0.1) is 10.1 Å². The third-order valence-corrected chi connectivity index (χ3v) is 4.40. The number of hydrogen-bond donors (Lipinski definition) is 1. The molecule has 8 heteroatoms. The van der Waals surface area contributed by atoms with Gasteiger partial charge in [0.25, 0.3) is 5.69 Å². The molecule has 0 bridgehead atoms. The monoisotopic (exact) mass is 331 g/mol. The zero-order valence-corrected chi connectivity index (χ0v) is 13.6. The predicted molar refractivity (Wildman–Crippen MR) is 88.5 cm³/mol. The SMILES string of the molecule is Cn1ccnc1CN1CCN(Cc2cc(O)ccc2[N+](=O)[O-])CC1. The number of aromatic nitrogens is 2. The molecule has 0 spiro atoms. The number of nitro benzene ring substituents is 1. The van der Waals surface area contributed by atoms with E-state index in [0.29, 0.717) is 12.1 Å². The molecule has 0 atom stereocenters. The maximum absolute atomic E-state index is 11.1. The van der Waals surface area contributed by atoms with Gasteiger partial charge in [0.15, 0.2) is 0 Å².